The van der Waals surface area contributed by atoms with Crippen LogP contribution in [0.1, 0.15) is 41.5 Å². The van der Waals surface area contributed by atoms with E-state index in [4.69, 9.17) is 18.9 Å². The molecule has 0 aromatic heterocycles. The summed E-state index contributed by atoms with van der Waals surface area (Å²) in [5.41, 5.74) is 0. The first-order valence-corrected chi connectivity index (χ1v) is 9.45. The molecule has 0 aliphatic carbocycles. The van der Waals surface area contributed by atoms with Crippen molar-refractivity contribution in [3.8, 4) is 11.5 Å². The monoisotopic (exact) mass is 360 g/mol. The maximum absolute atomic E-state index is 6.13. The highest BCUT2D eigenvalue weighted by Crippen LogP contribution is 2.37. The molecule has 2 aromatic carbocycles. The van der Waals surface area contributed by atoms with Crippen molar-refractivity contribution in [2.24, 2.45) is 11.8 Å². The van der Waals surface area contributed by atoms with E-state index in [-0.39, 0.29) is 12.6 Å². The van der Waals surface area contributed by atoms with Gasteiger partial charge in [0.1, 0.15) is 0 Å². The zero-order valence-corrected chi connectivity index (χ0v) is 16.8. The summed E-state index contributed by atoms with van der Waals surface area (Å²) in [7, 11) is 0. The first kappa shape index (κ1) is 20.5. The van der Waals surface area contributed by atoms with E-state index in [0.29, 0.717) is 36.5 Å². The molecule has 0 N–H and O–H groups in total. The van der Waals surface area contributed by atoms with Gasteiger partial charge in [0.25, 0.3) is 0 Å². The Morgan fingerprint density at radius 2 is 1.27 bits per heavy atom. The molecule has 26 heavy (non-hydrogen) atoms. The van der Waals surface area contributed by atoms with Crippen LogP contribution in [0.25, 0.3) is 10.8 Å². The van der Waals surface area contributed by atoms with Crippen molar-refractivity contribution in [2.75, 3.05) is 13.2 Å². The third kappa shape index (κ3) is 6.19. The molecule has 0 heterocycles. The molecular weight excluding hydrogens is 328 g/mol. The Morgan fingerprint density at radius 3 is 1.88 bits per heavy atom. The van der Waals surface area contributed by atoms with Crippen molar-refractivity contribution < 1.29 is 18.9 Å². The third-order valence-electron chi connectivity index (χ3n) is 3.75. The van der Waals surface area contributed by atoms with Gasteiger partial charge in [-0.05, 0) is 37.1 Å². The van der Waals surface area contributed by atoms with Crippen molar-refractivity contribution >= 4 is 10.8 Å². The standard InChI is InChI=1S/C22H32O4/c1-15(2)13-23-17(5)25-21-12-11-19-9-7-8-10-20(19)22(21)26-18(6)24-14-16(3)4/h7-12,15-18H,13-14H2,1-6H3. The number of hydrogen-bond acceptors (Lipinski definition) is 4. The quantitative estimate of drug-likeness (QED) is 0.514. The summed E-state index contributed by atoms with van der Waals surface area (Å²) < 4.78 is 23.7. The Labute approximate surface area is 157 Å². The molecule has 2 unspecified atom stereocenters. The van der Waals surface area contributed by atoms with Crippen LogP contribution in [0.4, 0.5) is 0 Å². The summed E-state index contributed by atoms with van der Waals surface area (Å²) in [6.07, 6.45) is -0.717. The third-order valence-corrected chi connectivity index (χ3v) is 3.75. The van der Waals surface area contributed by atoms with Crippen molar-refractivity contribution in [1.29, 1.82) is 0 Å². The van der Waals surface area contributed by atoms with E-state index < -0.39 is 0 Å². The normalized spacial score (nSPS) is 14.0. The predicted molar refractivity (Wildman–Crippen MR) is 106 cm³/mol. The SMILES string of the molecule is CC(C)COC(C)Oc1ccc2ccccc2c1OC(C)OCC(C)C. The molecule has 0 fully saturated rings. The van der Waals surface area contributed by atoms with Crippen LogP contribution in [0.15, 0.2) is 36.4 Å². The Hall–Kier alpha value is -1.78. The van der Waals surface area contributed by atoms with Gasteiger partial charge in [0.15, 0.2) is 24.1 Å². The topological polar surface area (TPSA) is 36.9 Å². The lowest BCUT2D eigenvalue weighted by atomic mass is 10.1. The van der Waals surface area contributed by atoms with Gasteiger partial charge in [-0.25, -0.2) is 0 Å². The second-order valence-corrected chi connectivity index (χ2v) is 7.44. The minimum atomic E-state index is -0.363. The highest BCUT2D eigenvalue weighted by atomic mass is 16.7. The maximum Gasteiger partial charge on any atom is 0.197 e. The smallest absolute Gasteiger partial charge is 0.197 e. The van der Waals surface area contributed by atoms with Crippen LogP contribution >= 0.6 is 0 Å². The minimum Gasteiger partial charge on any atom is -0.461 e. The van der Waals surface area contributed by atoms with Crippen LogP contribution in [0, 0.1) is 11.8 Å². The highest BCUT2D eigenvalue weighted by molar-refractivity contribution is 5.90. The fourth-order valence-electron chi connectivity index (χ4n) is 2.51. The van der Waals surface area contributed by atoms with Gasteiger partial charge in [-0.3, -0.25) is 0 Å². The van der Waals surface area contributed by atoms with Gasteiger partial charge < -0.3 is 18.9 Å². The Balaban J connectivity index is 2.22. The van der Waals surface area contributed by atoms with Crippen molar-refractivity contribution in [3.05, 3.63) is 36.4 Å². The van der Waals surface area contributed by atoms with Gasteiger partial charge in [0.2, 0.25) is 0 Å². The fourth-order valence-corrected chi connectivity index (χ4v) is 2.51. The van der Waals surface area contributed by atoms with Crippen molar-refractivity contribution in [1.82, 2.24) is 0 Å². The first-order chi connectivity index (χ1) is 12.4. The summed E-state index contributed by atoms with van der Waals surface area (Å²) in [4.78, 5) is 0. The average Bonchev–Trinajstić information content (AvgIpc) is 2.60. The molecule has 0 bridgehead atoms. The van der Waals surface area contributed by atoms with E-state index in [1.54, 1.807) is 0 Å². The van der Waals surface area contributed by atoms with E-state index in [1.165, 1.54) is 0 Å². The predicted octanol–water partition coefficient (Wildman–Crippen LogP) is 5.63. The molecule has 0 saturated carbocycles. The molecule has 0 saturated heterocycles. The molecule has 144 valence electrons. The van der Waals surface area contributed by atoms with Crippen LogP contribution in [0.3, 0.4) is 0 Å². The van der Waals surface area contributed by atoms with Crippen molar-refractivity contribution in [2.45, 2.75) is 54.1 Å². The van der Waals surface area contributed by atoms with Crippen LogP contribution < -0.4 is 9.47 Å². The first-order valence-electron chi connectivity index (χ1n) is 9.45. The van der Waals surface area contributed by atoms with Crippen LogP contribution in [0.2, 0.25) is 0 Å². The largest absolute Gasteiger partial charge is 0.461 e. The lowest BCUT2D eigenvalue weighted by Crippen LogP contribution is -2.22. The number of benzene rings is 2. The molecule has 0 aliphatic rings. The summed E-state index contributed by atoms with van der Waals surface area (Å²) in [6, 6.07) is 12.1. The molecule has 2 rings (SSSR count). The van der Waals surface area contributed by atoms with Gasteiger partial charge >= 0.3 is 0 Å². The van der Waals surface area contributed by atoms with E-state index >= 15 is 0 Å². The molecule has 0 radical (unpaired) electrons. The lowest BCUT2D eigenvalue weighted by Gasteiger charge is -2.23. The maximum atomic E-state index is 6.13. The molecule has 4 heteroatoms. The van der Waals surface area contributed by atoms with Crippen LogP contribution in [-0.4, -0.2) is 25.8 Å². The number of rotatable bonds is 10. The van der Waals surface area contributed by atoms with Gasteiger partial charge in [-0.2, -0.15) is 0 Å². The molecule has 2 atom stereocenters. The number of fused-ring (bicyclic) bond motifs is 1. The number of ether oxygens (including phenoxy) is 4. The van der Waals surface area contributed by atoms with E-state index in [2.05, 4.69) is 33.8 Å². The Bertz CT molecular complexity index is 681. The van der Waals surface area contributed by atoms with Gasteiger partial charge in [0.05, 0.1) is 13.2 Å². The van der Waals surface area contributed by atoms with Crippen molar-refractivity contribution in [3.63, 3.8) is 0 Å². The lowest BCUT2D eigenvalue weighted by molar-refractivity contribution is -0.0889. The molecule has 2 aromatic rings. The summed E-state index contributed by atoms with van der Waals surface area (Å²) in [6.45, 7) is 13.6. The average molecular weight is 360 g/mol. The number of hydrogen-bond donors (Lipinski definition) is 0. The summed E-state index contributed by atoms with van der Waals surface area (Å²) in [5, 5.41) is 2.10. The zero-order chi connectivity index (χ0) is 19.1. The molecule has 0 spiro atoms. The van der Waals surface area contributed by atoms with Crippen LogP contribution in [-0.2, 0) is 9.47 Å². The molecular formula is C22H32O4. The second kappa shape index (κ2) is 9.79. The summed E-state index contributed by atoms with van der Waals surface area (Å²) >= 11 is 0. The Morgan fingerprint density at radius 1 is 0.692 bits per heavy atom. The van der Waals surface area contributed by atoms with Crippen LogP contribution in [0.5, 0.6) is 11.5 Å². The highest BCUT2D eigenvalue weighted by Gasteiger charge is 2.17. The summed E-state index contributed by atoms with van der Waals surface area (Å²) in [5.74, 6) is 2.27. The van der Waals surface area contributed by atoms with Gasteiger partial charge in [0, 0.05) is 5.39 Å². The van der Waals surface area contributed by atoms with E-state index in [9.17, 15) is 0 Å². The Kier molecular flexibility index (Phi) is 7.73. The fraction of sp³-hybridized carbons (Fsp3) is 0.545. The molecule has 0 amide bonds. The molecule has 0 aliphatic heterocycles. The minimum absolute atomic E-state index is 0.354. The van der Waals surface area contributed by atoms with Gasteiger partial charge in [-0.15, -0.1) is 0 Å². The second-order valence-electron chi connectivity index (χ2n) is 7.44. The van der Waals surface area contributed by atoms with E-state index in [0.717, 1.165) is 10.8 Å². The van der Waals surface area contributed by atoms with Gasteiger partial charge in [-0.1, -0.05) is 58.0 Å². The zero-order valence-electron chi connectivity index (χ0n) is 16.8. The molecule has 4 nitrogen and oxygen atoms in total. The van der Waals surface area contributed by atoms with E-state index in [1.807, 2.05) is 44.2 Å².